The van der Waals surface area contributed by atoms with E-state index in [1.807, 2.05) is 6.08 Å². The predicted molar refractivity (Wildman–Crippen MR) is 91.7 cm³/mol. The van der Waals surface area contributed by atoms with Gasteiger partial charge in [-0.05, 0) is 48.8 Å². The highest BCUT2D eigenvalue weighted by Crippen LogP contribution is 2.26. The van der Waals surface area contributed by atoms with E-state index in [1.165, 1.54) is 22.3 Å². The molecular formula is C20H28. The molecule has 0 heteroatoms. The Kier molecular flexibility index (Phi) is 6.51. The topological polar surface area (TPSA) is 0 Å². The molecule has 1 aromatic carbocycles. The van der Waals surface area contributed by atoms with E-state index in [0.29, 0.717) is 11.8 Å². The third-order valence-electron chi connectivity index (χ3n) is 4.06. The molecule has 1 aromatic rings. The minimum absolute atomic E-state index is 0.489. The van der Waals surface area contributed by atoms with Gasteiger partial charge in [0.2, 0.25) is 0 Å². The lowest BCUT2D eigenvalue weighted by molar-refractivity contribution is 0.560. The van der Waals surface area contributed by atoms with Crippen molar-refractivity contribution >= 4 is 5.57 Å². The van der Waals surface area contributed by atoms with E-state index in [0.717, 1.165) is 6.42 Å². The molecule has 2 unspecified atom stereocenters. The van der Waals surface area contributed by atoms with Crippen molar-refractivity contribution in [2.24, 2.45) is 11.8 Å². The lowest BCUT2D eigenvalue weighted by Crippen LogP contribution is -2.02. The zero-order chi connectivity index (χ0) is 15.1. The van der Waals surface area contributed by atoms with Crippen molar-refractivity contribution in [3.05, 3.63) is 65.8 Å². The largest absolute Gasteiger partial charge is 0.103 e. The van der Waals surface area contributed by atoms with Crippen molar-refractivity contribution < 1.29 is 0 Å². The van der Waals surface area contributed by atoms with Crippen LogP contribution in [0.15, 0.2) is 54.6 Å². The van der Waals surface area contributed by atoms with Gasteiger partial charge >= 0.3 is 0 Å². The summed E-state index contributed by atoms with van der Waals surface area (Å²) in [5, 5.41) is 0. The van der Waals surface area contributed by atoms with Crippen molar-refractivity contribution in [1.82, 2.24) is 0 Å². The molecule has 0 amide bonds. The number of rotatable bonds is 6. The van der Waals surface area contributed by atoms with E-state index >= 15 is 0 Å². The molecule has 20 heavy (non-hydrogen) atoms. The molecule has 1 rings (SSSR count). The van der Waals surface area contributed by atoms with Gasteiger partial charge < -0.3 is 0 Å². The zero-order valence-corrected chi connectivity index (χ0v) is 13.6. The average Bonchev–Trinajstić information content (AvgIpc) is 2.45. The highest BCUT2D eigenvalue weighted by atomic mass is 14.1. The Labute approximate surface area is 124 Å². The van der Waals surface area contributed by atoms with Crippen LogP contribution in [0.3, 0.4) is 0 Å². The summed E-state index contributed by atoms with van der Waals surface area (Å²) >= 11 is 0. The van der Waals surface area contributed by atoms with Crippen LogP contribution in [0, 0.1) is 18.8 Å². The van der Waals surface area contributed by atoms with Crippen LogP contribution in [0.5, 0.6) is 0 Å². The van der Waals surface area contributed by atoms with Crippen molar-refractivity contribution in [2.75, 3.05) is 0 Å². The maximum atomic E-state index is 3.91. The minimum Gasteiger partial charge on any atom is -0.103 e. The first kappa shape index (κ1) is 16.5. The third kappa shape index (κ3) is 4.52. The normalized spacial score (nSPS) is 15.8. The molecule has 0 saturated carbocycles. The Morgan fingerprint density at radius 3 is 2.40 bits per heavy atom. The summed E-state index contributed by atoms with van der Waals surface area (Å²) in [7, 11) is 0. The van der Waals surface area contributed by atoms with Crippen LogP contribution in [0.2, 0.25) is 0 Å². The van der Waals surface area contributed by atoms with Gasteiger partial charge in [0.05, 0.1) is 0 Å². The SMILES string of the molecule is C=CC(C)C(C)/C=C(\C=C(\C)CC)c1ccccc1C. The summed E-state index contributed by atoms with van der Waals surface area (Å²) in [5.41, 5.74) is 5.42. The third-order valence-corrected chi connectivity index (χ3v) is 4.06. The molecule has 108 valence electrons. The number of aryl methyl sites for hydroxylation is 1. The van der Waals surface area contributed by atoms with Crippen molar-refractivity contribution in [2.45, 2.75) is 41.0 Å². The molecule has 0 nitrogen and oxygen atoms in total. The number of allylic oxidation sites excluding steroid dienone is 5. The molecule has 0 aliphatic heterocycles. The van der Waals surface area contributed by atoms with Gasteiger partial charge in [-0.2, -0.15) is 0 Å². The summed E-state index contributed by atoms with van der Waals surface area (Å²) in [4.78, 5) is 0. The molecule has 0 aromatic heterocycles. The highest BCUT2D eigenvalue weighted by Gasteiger charge is 2.09. The van der Waals surface area contributed by atoms with Crippen LogP contribution in [0.1, 0.15) is 45.2 Å². The Morgan fingerprint density at radius 2 is 1.85 bits per heavy atom. The first-order valence-corrected chi connectivity index (χ1v) is 7.57. The molecule has 0 saturated heterocycles. The Morgan fingerprint density at radius 1 is 1.20 bits per heavy atom. The van der Waals surface area contributed by atoms with E-state index in [-0.39, 0.29) is 0 Å². The molecule has 0 N–H and O–H groups in total. The molecule has 0 fully saturated rings. The van der Waals surface area contributed by atoms with Gasteiger partial charge in [0.25, 0.3) is 0 Å². The number of benzene rings is 1. The fourth-order valence-corrected chi connectivity index (χ4v) is 2.13. The molecular weight excluding hydrogens is 240 g/mol. The van der Waals surface area contributed by atoms with Crippen LogP contribution < -0.4 is 0 Å². The van der Waals surface area contributed by atoms with Crippen LogP contribution in [0.4, 0.5) is 0 Å². The van der Waals surface area contributed by atoms with E-state index in [4.69, 9.17) is 0 Å². The maximum absolute atomic E-state index is 3.91. The number of hydrogen-bond donors (Lipinski definition) is 0. The number of hydrogen-bond acceptors (Lipinski definition) is 0. The maximum Gasteiger partial charge on any atom is -0.0158 e. The van der Waals surface area contributed by atoms with Gasteiger partial charge in [0.1, 0.15) is 0 Å². The summed E-state index contributed by atoms with van der Waals surface area (Å²) < 4.78 is 0. The Balaban J connectivity index is 3.26. The molecule has 0 bridgehead atoms. The fourth-order valence-electron chi connectivity index (χ4n) is 2.13. The van der Waals surface area contributed by atoms with Gasteiger partial charge in [-0.1, -0.05) is 68.8 Å². The quantitative estimate of drug-likeness (QED) is 0.426. The molecule has 0 spiro atoms. The van der Waals surface area contributed by atoms with Crippen LogP contribution in [-0.2, 0) is 0 Å². The monoisotopic (exact) mass is 268 g/mol. The van der Waals surface area contributed by atoms with Crippen LogP contribution in [0.25, 0.3) is 5.57 Å². The predicted octanol–water partition coefficient (Wildman–Crippen LogP) is 6.19. The van der Waals surface area contributed by atoms with E-state index in [1.54, 1.807) is 0 Å². The minimum atomic E-state index is 0.489. The second kappa shape index (κ2) is 7.89. The second-order valence-electron chi connectivity index (χ2n) is 5.74. The average molecular weight is 268 g/mol. The second-order valence-corrected chi connectivity index (χ2v) is 5.74. The summed E-state index contributed by atoms with van der Waals surface area (Å²) in [6, 6.07) is 8.61. The summed E-state index contributed by atoms with van der Waals surface area (Å²) in [6.45, 7) is 15.0. The van der Waals surface area contributed by atoms with E-state index in [2.05, 4.69) is 77.6 Å². The summed E-state index contributed by atoms with van der Waals surface area (Å²) in [6.07, 6.45) is 7.84. The summed E-state index contributed by atoms with van der Waals surface area (Å²) in [5.74, 6) is 0.979. The first-order chi connectivity index (χ1) is 9.49. The molecule has 0 radical (unpaired) electrons. The molecule has 2 atom stereocenters. The molecule has 0 heterocycles. The van der Waals surface area contributed by atoms with Gasteiger partial charge in [0, 0.05) is 0 Å². The smallest absolute Gasteiger partial charge is 0.0158 e. The van der Waals surface area contributed by atoms with Gasteiger partial charge in [-0.3, -0.25) is 0 Å². The van der Waals surface area contributed by atoms with Crippen LogP contribution in [-0.4, -0.2) is 0 Å². The van der Waals surface area contributed by atoms with Crippen molar-refractivity contribution in [3.8, 4) is 0 Å². The van der Waals surface area contributed by atoms with Gasteiger partial charge in [-0.15, -0.1) is 6.58 Å². The highest BCUT2D eigenvalue weighted by molar-refractivity contribution is 5.76. The lowest BCUT2D eigenvalue weighted by atomic mass is 9.90. The first-order valence-electron chi connectivity index (χ1n) is 7.57. The Hall–Kier alpha value is -1.56. The van der Waals surface area contributed by atoms with E-state index < -0.39 is 0 Å². The Bertz CT molecular complexity index is 503. The van der Waals surface area contributed by atoms with Crippen LogP contribution >= 0.6 is 0 Å². The molecule has 0 aliphatic rings. The fraction of sp³-hybridized carbons (Fsp3) is 0.400. The zero-order valence-electron chi connectivity index (χ0n) is 13.6. The van der Waals surface area contributed by atoms with E-state index in [9.17, 15) is 0 Å². The molecule has 0 aliphatic carbocycles. The van der Waals surface area contributed by atoms with Crippen molar-refractivity contribution in [3.63, 3.8) is 0 Å². The standard InChI is InChI=1S/C20H28/c1-7-15(3)13-19(14-18(6)16(4)8-2)20-12-10-9-11-17(20)5/h8-14,16,18H,2,7H2,1,3-6H3/b15-13-,19-14+. The van der Waals surface area contributed by atoms with Crippen molar-refractivity contribution in [1.29, 1.82) is 0 Å². The van der Waals surface area contributed by atoms with Gasteiger partial charge in [-0.25, -0.2) is 0 Å². The lowest BCUT2D eigenvalue weighted by Gasteiger charge is -2.15. The van der Waals surface area contributed by atoms with Gasteiger partial charge in [0.15, 0.2) is 0 Å².